The summed E-state index contributed by atoms with van der Waals surface area (Å²) in [5, 5.41) is 17.4. The number of hydrogen-bond acceptors (Lipinski definition) is 6. The zero-order valence-electron chi connectivity index (χ0n) is 9.10. The molecule has 102 valence electrons. The van der Waals surface area contributed by atoms with Crippen molar-refractivity contribution in [3.8, 4) is 0 Å². The minimum Gasteiger partial charge on any atom is -0.377 e. The summed E-state index contributed by atoms with van der Waals surface area (Å²) in [6.45, 7) is 1.20. The molecule has 1 rings (SSSR count). The fourth-order valence-electron chi connectivity index (χ4n) is 1.15. The van der Waals surface area contributed by atoms with Crippen LogP contribution in [0.1, 0.15) is 21.7 Å². The average Bonchev–Trinajstić information content (AvgIpc) is 2.57. The molecule has 18 heavy (non-hydrogen) atoms. The van der Waals surface area contributed by atoms with Crippen LogP contribution in [0.15, 0.2) is 0 Å². The van der Waals surface area contributed by atoms with Crippen LogP contribution in [0.3, 0.4) is 0 Å². The van der Waals surface area contributed by atoms with Gasteiger partial charge in [0.15, 0.2) is 0 Å². The van der Waals surface area contributed by atoms with Crippen LogP contribution in [0.25, 0.3) is 0 Å². The molecule has 6 nitrogen and oxygen atoms in total. The van der Waals surface area contributed by atoms with Crippen LogP contribution in [-0.2, 0) is 11.3 Å². The molecule has 1 heterocycles. The minimum absolute atomic E-state index is 0.0645. The number of aliphatic hydroxyl groups is 1. The van der Waals surface area contributed by atoms with E-state index in [1.807, 2.05) is 0 Å². The number of aromatic nitrogens is 1. The van der Waals surface area contributed by atoms with Gasteiger partial charge in [0, 0.05) is 11.3 Å². The number of aliphatic hydroxyl groups excluding tert-OH is 1. The average molecular weight is 286 g/mol. The summed E-state index contributed by atoms with van der Waals surface area (Å²) in [4.78, 5) is 18.0. The van der Waals surface area contributed by atoms with Crippen LogP contribution in [-0.4, -0.2) is 28.0 Å². The SMILES string of the molecule is Cc1nc(C(O)C(F)(F)F)sc1CCO[N+](=O)[O-]. The van der Waals surface area contributed by atoms with Crippen LogP contribution in [0.2, 0.25) is 0 Å². The Morgan fingerprint density at radius 2 is 2.22 bits per heavy atom. The fraction of sp³-hybridized carbons (Fsp3) is 0.625. The molecule has 0 aliphatic heterocycles. The van der Waals surface area contributed by atoms with E-state index in [9.17, 15) is 23.3 Å². The van der Waals surface area contributed by atoms with E-state index in [-0.39, 0.29) is 13.0 Å². The summed E-state index contributed by atoms with van der Waals surface area (Å²) in [5.74, 6) is 0. The van der Waals surface area contributed by atoms with Crippen LogP contribution in [0.5, 0.6) is 0 Å². The van der Waals surface area contributed by atoms with Crippen molar-refractivity contribution in [3.63, 3.8) is 0 Å². The van der Waals surface area contributed by atoms with Gasteiger partial charge in [0.2, 0.25) is 6.10 Å². The first kappa shape index (κ1) is 14.6. The molecule has 0 spiro atoms. The number of alkyl halides is 3. The number of thiazole rings is 1. The molecule has 0 saturated heterocycles. The molecule has 0 aliphatic carbocycles. The van der Waals surface area contributed by atoms with Crippen molar-refractivity contribution in [3.05, 3.63) is 25.7 Å². The Kier molecular flexibility index (Phi) is 4.46. The Hall–Kier alpha value is -1.42. The van der Waals surface area contributed by atoms with Gasteiger partial charge in [-0.25, -0.2) is 4.98 Å². The lowest BCUT2D eigenvalue weighted by atomic mass is 10.3. The summed E-state index contributed by atoms with van der Waals surface area (Å²) in [7, 11) is 0. The maximum Gasteiger partial charge on any atom is 0.420 e. The van der Waals surface area contributed by atoms with Gasteiger partial charge in [-0.15, -0.1) is 21.5 Å². The molecule has 10 heteroatoms. The Bertz CT molecular complexity index is 434. The smallest absolute Gasteiger partial charge is 0.377 e. The van der Waals surface area contributed by atoms with Gasteiger partial charge in [-0.3, -0.25) is 0 Å². The zero-order valence-corrected chi connectivity index (χ0v) is 9.92. The van der Waals surface area contributed by atoms with Crippen molar-refractivity contribution in [2.24, 2.45) is 0 Å². The largest absolute Gasteiger partial charge is 0.420 e. The Morgan fingerprint density at radius 3 is 2.72 bits per heavy atom. The highest BCUT2D eigenvalue weighted by atomic mass is 32.1. The number of nitrogens with zero attached hydrogens (tertiary/aromatic N) is 2. The molecule has 0 fully saturated rings. The summed E-state index contributed by atoms with van der Waals surface area (Å²) < 4.78 is 36.7. The first-order chi connectivity index (χ1) is 8.21. The predicted molar refractivity (Wildman–Crippen MR) is 54.5 cm³/mol. The van der Waals surface area contributed by atoms with Gasteiger partial charge in [0.05, 0.1) is 5.69 Å². The van der Waals surface area contributed by atoms with Crippen LogP contribution in [0.4, 0.5) is 13.2 Å². The fourth-order valence-corrected chi connectivity index (χ4v) is 2.21. The molecule has 1 atom stereocenters. The quantitative estimate of drug-likeness (QED) is 0.659. The lowest BCUT2D eigenvalue weighted by molar-refractivity contribution is -0.757. The van der Waals surface area contributed by atoms with Crippen molar-refractivity contribution < 1.29 is 28.2 Å². The molecular formula is C8H9F3N2O4S. The number of aryl methyl sites for hydroxylation is 1. The third-order valence-corrected chi connectivity index (χ3v) is 3.25. The van der Waals surface area contributed by atoms with E-state index < -0.39 is 22.4 Å². The second-order valence-corrected chi connectivity index (χ2v) is 4.43. The van der Waals surface area contributed by atoms with Crippen LogP contribution in [0, 0.1) is 17.0 Å². The zero-order chi connectivity index (χ0) is 13.9. The van der Waals surface area contributed by atoms with Gasteiger partial charge in [-0.1, -0.05) is 0 Å². The topological polar surface area (TPSA) is 85.5 Å². The van der Waals surface area contributed by atoms with E-state index in [2.05, 4.69) is 9.82 Å². The molecule has 0 amide bonds. The second kappa shape index (κ2) is 5.48. The molecular weight excluding hydrogens is 277 g/mol. The van der Waals surface area contributed by atoms with E-state index in [1.165, 1.54) is 6.92 Å². The van der Waals surface area contributed by atoms with Crippen molar-refractivity contribution in [1.29, 1.82) is 0 Å². The summed E-state index contributed by atoms with van der Waals surface area (Å²) in [6, 6.07) is 0. The van der Waals surface area contributed by atoms with Gasteiger partial charge >= 0.3 is 6.18 Å². The first-order valence-electron chi connectivity index (χ1n) is 4.70. The van der Waals surface area contributed by atoms with Crippen molar-refractivity contribution in [1.82, 2.24) is 4.98 Å². The van der Waals surface area contributed by atoms with Gasteiger partial charge in [0.25, 0.3) is 5.09 Å². The molecule has 1 N–H and O–H groups in total. The first-order valence-corrected chi connectivity index (χ1v) is 5.51. The standard InChI is InChI=1S/C8H9F3N2O4S/c1-4-5(2-3-17-13(15)16)18-7(12-4)6(14)8(9,10)11/h6,14H,2-3H2,1H3. The number of hydrogen-bond donors (Lipinski definition) is 1. The molecule has 0 bridgehead atoms. The van der Waals surface area contributed by atoms with E-state index in [0.717, 1.165) is 0 Å². The van der Waals surface area contributed by atoms with E-state index in [1.54, 1.807) is 0 Å². The molecule has 1 aromatic rings. The highest BCUT2D eigenvalue weighted by Crippen LogP contribution is 2.35. The van der Waals surface area contributed by atoms with Gasteiger partial charge < -0.3 is 9.94 Å². The Balaban J connectivity index is 2.73. The molecule has 0 aliphatic rings. The minimum atomic E-state index is -4.78. The van der Waals surface area contributed by atoms with E-state index >= 15 is 0 Å². The predicted octanol–water partition coefficient (Wildman–Crippen LogP) is 1.80. The van der Waals surface area contributed by atoms with Crippen LogP contribution < -0.4 is 0 Å². The van der Waals surface area contributed by atoms with Gasteiger partial charge in [-0.2, -0.15) is 13.2 Å². The highest BCUT2D eigenvalue weighted by Gasteiger charge is 2.41. The third kappa shape index (κ3) is 3.81. The van der Waals surface area contributed by atoms with Gasteiger partial charge in [0.1, 0.15) is 11.6 Å². The van der Waals surface area contributed by atoms with Crippen molar-refractivity contribution in [2.45, 2.75) is 25.6 Å². The van der Waals surface area contributed by atoms with Gasteiger partial charge in [-0.05, 0) is 6.92 Å². The third-order valence-electron chi connectivity index (χ3n) is 1.98. The molecule has 0 saturated carbocycles. The summed E-state index contributed by atoms with van der Waals surface area (Å²) in [5.41, 5.74) is 0.297. The number of rotatable bonds is 5. The second-order valence-electron chi connectivity index (χ2n) is 3.31. The lowest BCUT2D eigenvalue weighted by Gasteiger charge is -2.10. The maximum absolute atomic E-state index is 12.2. The van der Waals surface area contributed by atoms with Crippen LogP contribution >= 0.6 is 11.3 Å². The molecule has 1 unspecified atom stereocenters. The number of halogens is 3. The Labute approximate surface area is 103 Å². The highest BCUT2D eigenvalue weighted by molar-refractivity contribution is 7.11. The molecule has 0 radical (unpaired) electrons. The normalized spacial score (nSPS) is 13.4. The molecule has 0 aromatic carbocycles. The van der Waals surface area contributed by atoms with Crippen molar-refractivity contribution in [2.75, 3.05) is 6.61 Å². The lowest BCUT2D eigenvalue weighted by Crippen LogP contribution is -2.19. The monoisotopic (exact) mass is 286 g/mol. The molecule has 1 aromatic heterocycles. The Morgan fingerprint density at radius 1 is 1.61 bits per heavy atom. The maximum atomic E-state index is 12.2. The summed E-state index contributed by atoms with van der Waals surface area (Å²) >= 11 is 0.662. The van der Waals surface area contributed by atoms with E-state index in [0.29, 0.717) is 21.9 Å². The van der Waals surface area contributed by atoms with E-state index in [4.69, 9.17) is 5.11 Å². The van der Waals surface area contributed by atoms with Crippen molar-refractivity contribution >= 4 is 11.3 Å². The summed E-state index contributed by atoms with van der Waals surface area (Å²) in [6.07, 6.45) is -7.35.